The average molecular weight is 310 g/mol. The molecule has 1 aromatic carbocycles. The largest absolute Gasteiger partial charge is 0.478 e. The van der Waals surface area contributed by atoms with Crippen LogP contribution in [-0.4, -0.2) is 29.5 Å². The molecule has 3 nitrogen and oxygen atoms in total. The van der Waals surface area contributed by atoms with E-state index in [0.29, 0.717) is 16.7 Å². The van der Waals surface area contributed by atoms with Crippen LogP contribution in [-0.2, 0) is 4.79 Å². The molecular formula is C17H24ClNO2. The van der Waals surface area contributed by atoms with Crippen LogP contribution in [0.4, 0.5) is 0 Å². The Hall–Kier alpha value is -1.22. The highest BCUT2D eigenvalue weighted by atomic mass is 35.5. The molecule has 1 fully saturated rings. The molecule has 1 aromatic rings. The van der Waals surface area contributed by atoms with Crippen LogP contribution < -0.4 is 4.74 Å². The topological polar surface area (TPSA) is 29.5 Å². The number of hydrogen-bond donors (Lipinski definition) is 0. The highest BCUT2D eigenvalue weighted by Gasteiger charge is 2.34. The van der Waals surface area contributed by atoms with Gasteiger partial charge in [-0.25, -0.2) is 0 Å². The van der Waals surface area contributed by atoms with Crippen molar-refractivity contribution in [2.24, 2.45) is 5.92 Å². The molecule has 0 bridgehead atoms. The molecule has 2 rings (SSSR count). The minimum Gasteiger partial charge on any atom is -0.478 e. The summed E-state index contributed by atoms with van der Waals surface area (Å²) in [5.74, 6) is 1.43. The number of halogens is 1. The Bertz CT molecular complexity index is 484. The smallest absolute Gasteiger partial charge is 0.266 e. The lowest BCUT2D eigenvalue weighted by molar-refractivity contribution is -0.145. The van der Waals surface area contributed by atoms with Crippen molar-refractivity contribution in [2.45, 2.75) is 45.6 Å². The van der Waals surface area contributed by atoms with Gasteiger partial charge >= 0.3 is 0 Å². The van der Waals surface area contributed by atoms with Crippen LogP contribution in [0.25, 0.3) is 0 Å². The van der Waals surface area contributed by atoms with Crippen LogP contribution >= 0.6 is 11.6 Å². The Labute approximate surface area is 132 Å². The predicted octanol–water partition coefficient (Wildman–Crippen LogP) is 4.15. The Balaban J connectivity index is 2.03. The third-order valence-electron chi connectivity index (χ3n) is 4.01. The van der Waals surface area contributed by atoms with Crippen LogP contribution in [0.3, 0.4) is 0 Å². The normalized spacial score (nSPS) is 20.0. The lowest BCUT2D eigenvalue weighted by Crippen LogP contribution is -2.49. The van der Waals surface area contributed by atoms with E-state index in [0.717, 1.165) is 25.9 Å². The van der Waals surface area contributed by atoms with Gasteiger partial charge in [-0.2, -0.15) is 0 Å². The minimum atomic E-state index is -0.860. The molecule has 0 aliphatic carbocycles. The third kappa shape index (κ3) is 4.37. The molecule has 21 heavy (non-hydrogen) atoms. The van der Waals surface area contributed by atoms with E-state index in [-0.39, 0.29) is 5.91 Å². The van der Waals surface area contributed by atoms with Gasteiger partial charge in [0.1, 0.15) is 5.75 Å². The fourth-order valence-corrected chi connectivity index (χ4v) is 2.81. The number of nitrogens with zero attached hydrogens (tertiary/aromatic N) is 1. The first-order valence-electron chi connectivity index (χ1n) is 7.62. The average Bonchev–Trinajstić information content (AvgIpc) is 2.65. The molecule has 0 spiro atoms. The van der Waals surface area contributed by atoms with Crippen molar-refractivity contribution >= 4 is 17.5 Å². The molecule has 4 heteroatoms. The number of carbonyl (C=O) groups is 1. The first kappa shape index (κ1) is 16.2. The van der Waals surface area contributed by atoms with Crippen LogP contribution in [0.2, 0.25) is 5.02 Å². The standard InChI is InChI=1S/C17H24ClNO2/c1-13-5-4-11-19(12-10-13)16(20)17(2,3)21-15-8-6-14(18)7-9-15/h6-9,13H,4-5,10-12H2,1-3H3. The maximum absolute atomic E-state index is 12.7. The van der Waals surface area contributed by atoms with Gasteiger partial charge in [0.15, 0.2) is 5.60 Å². The summed E-state index contributed by atoms with van der Waals surface area (Å²) in [7, 11) is 0. The van der Waals surface area contributed by atoms with Gasteiger partial charge in [-0.3, -0.25) is 4.79 Å². The van der Waals surface area contributed by atoms with E-state index in [1.165, 1.54) is 6.42 Å². The highest BCUT2D eigenvalue weighted by Crippen LogP contribution is 2.24. The van der Waals surface area contributed by atoms with Gasteiger partial charge in [0.2, 0.25) is 0 Å². The van der Waals surface area contributed by atoms with E-state index < -0.39 is 5.60 Å². The number of hydrogen-bond acceptors (Lipinski definition) is 2. The number of rotatable bonds is 3. The maximum atomic E-state index is 12.7. The molecule has 1 amide bonds. The molecule has 0 N–H and O–H groups in total. The number of carbonyl (C=O) groups excluding carboxylic acids is 1. The van der Waals surface area contributed by atoms with Crippen molar-refractivity contribution in [3.8, 4) is 5.75 Å². The van der Waals surface area contributed by atoms with Gasteiger partial charge in [0.25, 0.3) is 5.91 Å². The second kappa shape index (κ2) is 6.69. The Morgan fingerprint density at radius 3 is 2.57 bits per heavy atom. The second-order valence-electron chi connectivity index (χ2n) is 6.39. The monoisotopic (exact) mass is 309 g/mol. The molecule has 1 unspecified atom stereocenters. The molecule has 1 saturated heterocycles. The van der Waals surface area contributed by atoms with Crippen LogP contribution in [0.15, 0.2) is 24.3 Å². The Morgan fingerprint density at radius 1 is 1.24 bits per heavy atom. The summed E-state index contributed by atoms with van der Waals surface area (Å²) in [5.41, 5.74) is -0.860. The summed E-state index contributed by atoms with van der Waals surface area (Å²) in [6, 6.07) is 7.12. The lowest BCUT2D eigenvalue weighted by Gasteiger charge is -2.31. The number of amides is 1. The zero-order valence-corrected chi connectivity index (χ0v) is 13.8. The summed E-state index contributed by atoms with van der Waals surface area (Å²) in [6.45, 7) is 7.57. The predicted molar refractivity (Wildman–Crippen MR) is 85.8 cm³/mol. The van der Waals surface area contributed by atoms with Gasteiger partial charge < -0.3 is 9.64 Å². The summed E-state index contributed by atoms with van der Waals surface area (Å²) >= 11 is 5.87. The van der Waals surface area contributed by atoms with Crippen molar-refractivity contribution in [3.63, 3.8) is 0 Å². The van der Waals surface area contributed by atoms with E-state index in [9.17, 15) is 4.79 Å². The number of likely N-dealkylation sites (tertiary alicyclic amines) is 1. The zero-order valence-electron chi connectivity index (χ0n) is 13.1. The van der Waals surface area contributed by atoms with Gasteiger partial charge in [-0.1, -0.05) is 18.5 Å². The molecule has 1 aliphatic heterocycles. The first-order valence-corrected chi connectivity index (χ1v) is 8.00. The Kier molecular flexibility index (Phi) is 5.15. The molecule has 1 aliphatic rings. The summed E-state index contributed by atoms with van der Waals surface area (Å²) in [4.78, 5) is 14.7. The van der Waals surface area contributed by atoms with Gasteiger partial charge in [0, 0.05) is 18.1 Å². The number of benzene rings is 1. The maximum Gasteiger partial charge on any atom is 0.266 e. The van der Waals surface area contributed by atoms with Crippen LogP contribution in [0, 0.1) is 5.92 Å². The van der Waals surface area contributed by atoms with Crippen molar-refractivity contribution < 1.29 is 9.53 Å². The van der Waals surface area contributed by atoms with E-state index in [2.05, 4.69) is 6.92 Å². The van der Waals surface area contributed by atoms with E-state index in [1.807, 2.05) is 18.7 Å². The fourth-order valence-electron chi connectivity index (χ4n) is 2.69. The zero-order chi connectivity index (χ0) is 15.5. The summed E-state index contributed by atoms with van der Waals surface area (Å²) in [5, 5.41) is 0.660. The molecule has 0 radical (unpaired) electrons. The van der Waals surface area contributed by atoms with Crippen LogP contribution in [0.1, 0.15) is 40.0 Å². The molecule has 116 valence electrons. The van der Waals surface area contributed by atoms with E-state index in [1.54, 1.807) is 24.3 Å². The lowest BCUT2D eigenvalue weighted by atomic mass is 10.0. The summed E-state index contributed by atoms with van der Waals surface area (Å²) < 4.78 is 5.89. The first-order chi connectivity index (χ1) is 9.88. The van der Waals surface area contributed by atoms with Gasteiger partial charge in [-0.15, -0.1) is 0 Å². The quantitative estimate of drug-likeness (QED) is 0.839. The number of ether oxygens (including phenoxy) is 1. The van der Waals surface area contributed by atoms with Gasteiger partial charge in [0.05, 0.1) is 0 Å². The molecule has 1 heterocycles. The molecule has 0 saturated carbocycles. The molecule has 0 aromatic heterocycles. The molecular weight excluding hydrogens is 286 g/mol. The minimum absolute atomic E-state index is 0.0616. The SMILES string of the molecule is CC1CCCN(C(=O)C(C)(C)Oc2ccc(Cl)cc2)CC1. The van der Waals surface area contributed by atoms with E-state index in [4.69, 9.17) is 16.3 Å². The van der Waals surface area contributed by atoms with Crippen LogP contribution in [0.5, 0.6) is 5.75 Å². The van der Waals surface area contributed by atoms with Crippen molar-refractivity contribution in [2.75, 3.05) is 13.1 Å². The van der Waals surface area contributed by atoms with Crippen molar-refractivity contribution in [3.05, 3.63) is 29.3 Å². The summed E-state index contributed by atoms with van der Waals surface area (Å²) in [6.07, 6.45) is 3.34. The van der Waals surface area contributed by atoms with Crippen molar-refractivity contribution in [1.29, 1.82) is 0 Å². The van der Waals surface area contributed by atoms with Gasteiger partial charge in [-0.05, 0) is 63.3 Å². The van der Waals surface area contributed by atoms with E-state index >= 15 is 0 Å². The molecule has 1 atom stereocenters. The Morgan fingerprint density at radius 2 is 1.90 bits per heavy atom. The second-order valence-corrected chi connectivity index (χ2v) is 6.83. The third-order valence-corrected chi connectivity index (χ3v) is 4.26. The highest BCUT2D eigenvalue weighted by molar-refractivity contribution is 6.30. The van der Waals surface area contributed by atoms with Crippen molar-refractivity contribution in [1.82, 2.24) is 4.90 Å². The fraction of sp³-hybridized carbons (Fsp3) is 0.588.